The predicted octanol–water partition coefficient (Wildman–Crippen LogP) is 5.28. The van der Waals surface area contributed by atoms with E-state index in [0.29, 0.717) is 41.4 Å². The van der Waals surface area contributed by atoms with E-state index in [0.717, 1.165) is 24.4 Å². The van der Waals surface area contributed by atoms with Gasteiger partial charge in [-0.15, -0.1) is 0 Å². The lowest BCUT2D eigenvalue weighted by Crippen LogP contribution is -2.46. The molecule has 0 radical (unpaired) electrons. The second-order valence-corrected chi connectivity index (χ2v) is 11.1. The summed E-state index contributed by atoms with van der Waals surface area (Å²) < 4.78 is 54.6. The molecule has 10 nitrogen and oxygen atoms in total. The number of hydrogen-bond donors (Lipinski definition) is 1. The molecule has 0 saturated carbocycles. The summed E-state index contributed by atoms with van der Waals surface area (Å²) in [5.74, 6) is -0.136. The molecule has 2 amide bonds. The number of halogens is 3. The molecule has 0 aromatic carbocycles. The van der Waals surface area contributed by atoms with E-state index in [9.17, 15) is 22.8 Å². The topological polar surface area (TPSA) is 119 Å². The highest BCUT2D eigenvalue weighted by molar-refractivity contribution is 7.06. The van der Waals surface area contributed by atoms with Crippen molar-refractivity contribution in [1.29, 1.82) is 0 Å². The van der Waals surface area contributed by atoms with Crippen molar-refractivity contribution in [1.82, 2.24) is 24.2 Å². The molecule has 1 aliphatic rings. The number of pyridine rings is 1. The molecule has 1 N–H and O–H groups in total. The SMILES string of the molecule is Cc1nsc(Cc2cncc(C(F)(F)F)n2)c1C(=O)Nc1ccc(OC2CCCN(C(=O)OC(C)(C)C)C2)nc1. The number of anilines is 1. The van der Waals surface area contributed by atoms with Crippen LogP contribution < -0.4 is 10.1 Å². The molecule has 4 heterocycles. The minimum absolute atomic E-state index is 0.0299. The van der Waals surface area contributed by atoms with Crippen molar-refractivity contribution < 1.29 is 32.2 Å². The highest BCUT2D eigenvalue weighted by Crippen LogP contribution is 2.28. The average Bonchev–Trinajstić information content (AvgIpc) is 3.24. The minimum atomic E-state index is -4.62. The molecule has 1 atom stereocenters. The first kappa shape index (κ1) is 29.2. The number of likely N-dealkylation sites (tertiary alicyclic amines) is 1. The smallest absolute Gasteiger partial charge is 0.434 e. The van der Waals surface area contributed by atoms with Gasteiger partial charge < -0.3 is 19.7 Å². The summed E-state index contributed by atoms with van der Waals surface area (Å²) in [4.78, 5) is 39.1. The highest BCUT2D eigenvalue weighted by atomic mass is 32.1. The number of hydrogen-bond acceptors (Lipinski definition) is 9. The van der Waals surface area contributed by atoms with E-state index >= 15 is 0 Å². The van der Waals surface area contributed by atoms with Gasteiger partial charge >= 0.3 is 12.3 Å². The molecule has 14 heteroatoms. The number of aryl methyl sites for hydroxylation is 1. The van der Waals surface area contributed by atoms with Gasteiger partial charge in [0.15, 0.2) is 5.69 Å². The molecular formula is C26H29F3N6O4S. The van der Waals surface area contributed by atoms with E-state index in [-0.39, 0.29) is 29.9 Å². The van der Waals surface area contributed by atoms with Crippen LogP contribution in [0.25, 0.3) is 0 Å². The molecule has 0 bridgehead atoms. The number of piperidine rings is 1. The van der Waals surface area contributed by atoms with Crippen LogP contribution in [-0.4, -0.2) is 61.0 Å². The van der Waals surface area contributed by atoms with Gasteiger partial charge in [0.1, 0.15) is 11.7 Å². The first-order valence-electron chi connectivity index (χ1n) is 12.5. The van der Waals surface area contributed by atoms with Gasteiger partial charge in [0.05, 0.1) is 41.6 Å². The third-order valence-corrected chi connectivity index (χ3v) is 6.72. The standard InChI is InChI=1S/C26H29F3N6O4S/c1-15-22(19(40-34-15)10-17-11-30-13-20(32-17)26(27,28)29)23(36)33-16-7-8-21(31-12-16)38-18-6-5-9-35(14-18)24(37)39-25(2,3)4/h7-8,11-13,18H,5-6,9-10,14H2,1-4H3,(H,33,36). The summed E-state index contributed by atoms with van der Waals surface area (Å²) >= 11 is 1.02. The van der Waals surface area contributed by atoms with E-state index in [4.69, 9.17) is 9.47 Å². The number of carbonyl (C=O) groups is 2. The lowest BCUT2D eigenvalue weighted by Gasteiger charge is -2.33. The third-order valence-electron chi connectivity index (χ3n) is 5.79. The number of nitrogens with one attached hydrogen (secondary N) is 1. The lowest BCUT2D eigenvalue weighted by atomic mass is 10.1. The molecular weight excluding hydrogens is 549 g/mol. The number of aromatic nitrogens is 4. The summed E-state index contributed by atoms with van der Waals surface area (Å²) in [7, 11) is 0. The largest absolute Gasteiger partial charge is 0.472 e. The molecule has 1 unspecified atom stereocenters. The van der Waals surface area contributed by atoms with Crippen molar-refractivity contribution in [3.05, 3.63) is 58.2 Å². The first-order valence-corrected chi connectivity index (χ1v) is 13.3. The van der Waals surface area contributed by atoms with E-state index in [2.05, 4.69) is 24.6 Å². The number of rotatable bonds is 6. The van der Waals surface area contributed by atoms with Gasteiger partial charge in [-0.25, -0.2) is 14.8 Å². The lowest BCUT2D eigenvalue weighted by molar-refractivity contribution is -0.141. The number of ether oxygens (including phenoxy) is 2. The quantitative estimate of drug-likeness (QED) is 0.420. The molecule has 3 aromatic rings. The van der Waals surface area contributed by atoms with Crippen molar-refractivity contribution in [2.75, 3.05) is 18.4 Å². The van der Waals surface area contributed by atoms with Gasteiger partial charge in [0, 0.05) is 30.1 Å². The molecule has 1 aliphatic heterocycles. The Morgan fingerprint density at radius 2 is 1.95 bits per heavy atom. The zero-order valence-corrected chi connectivity index (χ0v) is 23.2. The molecule has 0 spiro atoms. The molecule has 3 aromatic heterocycles. The monoisotopic (exact) mass is 578 g/mol. The maximum absolute atomic E-state index is 13.1. The fourth-order valence-electron chi connectivity index (χ4n) is 4.04. The zero-order chi connectivity index (χ0) is 29.1. The summed E-state index contributed by atoms with van der Waals surface area (Å²) in [6, 6.07) is 3.24. The zero-order valence-electron chi connectivity index (χ0n) is 22.4. The summed E-state index contributed by atoms with van der Waals surface area (Å²) in [5.41, 5.74) is -0.518. The second-order valence-electron chi connectivity index (χ2n) is 10.3. The van der Waals surface area contributed by atoms with Crippen LogP contribution in [0.1, 0.15) is 65.9 Å². The number of alkyl halides is 3. The third kappa shape index (κ3) is 7.64. The van der Waals surface area contributed by atoms with Crippen LogP contribution in [-0.2, 0) is 17.3 Å². The summed E-state index contributed by atoms with van der Waals surface area (Å²) in [5, 5.41) is 2.75. The Labute approximate surface area is 233 Å². The molecule has 1 fully saturated rings. The van der Waals surface area contributed by atoms with E-state index < -0.39 is 23.4 Å². The Bertz CT molecular complexity index is 1360. The Hall–Kier alpha value is -3.81. The Balaban J connectivity index is 1.38. The van der Waals surface area contributed by atoms with Crippen molar-refractivity contribution in [2.24, 2.45) is 0 Å². The van der Waals surface area contributed by atoms with Gasteiger partial charge in [-0.1, -0.05) is 0 Å². The highest BCUT2D eigenvalue weighted by Gasteiger charge is 2.33. The van der Waals surface area contributed by atoms with Gasteiger partial charge in [-0.2, -0.15) is 17.5 Å². The Morgan fingerprint density at radius 1 is 1.18 bits per heavy atom. The van der Waals surface area contributed by atoms with Crippen LogP contribution in [0.5, 0.6) is 5.88 Å². The van der Waals surface area contributed by atoms with E-state index in [1.807, 2.05) is 20.8 Å². The van der Waals surface area contributed by atoms with Crippen LogP contribution >= 0.6 is 11.5 Å². The molecule has 214 valence electrons. The first-order chi connectivity index (χ1) is 18.8. The minimum Gasteiger partial charge on any atom is -0.472 e. The molecule has 40 heavy (non-hydrogen) atoms. The normalized spacial score (nSPS) is 16.0. The van der Waals surface area contributed by atoms with Crippen molar-refractivity contribution in [2.45, 2.75) is 64.8 Å². The maximum atomic E-state index is 13.1. The van der Waals surface area contributed by atoms with Gasteiger partial charge in [0.25, 0.3) is 5.91 Å². The fourth-order valence-corrected chi connectivity index (χ4v) is 4.92. The van der Waals surface area contributed by atoms with Crippen LogP contribution in [0.2, 0.25) is 0 Å². The fraction of sp³-hybridized carbons (Fsp3) is 0.462. The van der Waals surface area contributed by atoms with Gasteiger partial charge in [0.2, 0.25) is 5.88 Å². The van der Waals surface area contributed by atoms with Crippen molar-refractivity contribution in [3.8, 4) is 5.88 Å². The Kier molecular flexibility index (Phi) is 8.57. The molecule has 4 rings (SSSR count). The summed E-state index contributed by atoms with van der Waals surface area (Å²) in [6.07, 6.45) is -0.450. The van der Waals surface area contributed by atoms with Crippen LogP contribution in [0, 0.1) is 6.92 Å². The second kappa shape index (κ2) is 11.7. The Morgan fingerprint density at radius 3 is 2.62 bits per heavy atom. The van der Waals surface area contributed by atoms with Gasteiger partial charge in [-0.3, -0.25) is 9.78 Å². The van der Waals surface area contributed by atoms with Crippen LogP contribution in [0.15, 0.2) is 30.7 Å². The number of nitrogens with zero attached hydrogens (tertiary/aromatic N) is 5. The van der Waals surface area contributed by atoms with Crippen molar-refractivity contribution >= 4 is 29.2 Å². The molecule has 1 saturated heterocycles. The average molecular weight is 579 g/mol. The molecule has 0 aliphatic carbocycles. The van der Waals surface area contributed by atoms with Gasteiger partial charge in [-0.05, 0) is 58.1 Å². The van der Waals surface area contributed by atoms with Crippen LogP contribution in [0.3, 0.4) is 0 Å². The number of carbonyl (C=O) groups excluding carboxylic acids is 2. The maximum Gasteiger partial charge on any atom is 0.434 e. The van der Waals surface area contributed by atoms with E-state index in [1.165, 1.54) is 12.4 Å². The predicted molar refractivity (Wildman–Crippen MR) is 140 cm³/mol. The van der Waals surface area contributed by atoms with E-state index in [1.54, 1.807) is 24.0 Å². The summed E-state index contributed by atoms with van der Waals surface area (Å²) in [6.45, 7) is 8.05. The van der Waals surface area contributed by atoms with Crippen molar-refractivity contribution in [3.63, 3.8) is 0 Å². The van der Waals surface area contributed by atoms with Crippen LogP contribution in [0.4, 0.5) is 23.7 Å². The number of amides is 2.